The zero-order valence-electron chi connectivity index (χ0n) is 13.2. The van der Waals surface area contributed by atoms with Gasteiger partial charge in [0, 0.05) is 36.7 Å². The fourth-order valence-electron chi connectivity index (χ4n) is 3.45. The Balaban J connectivity index is 1.52. The first-order valence-electron chi connectivity index (χ1n) is 8.34. The normalized spacial score (nSPS) is 18.4. The summed E-state index contributed by atoms with van der Waals surface area (Å²) < 4.78 is 0. The second-order valence-corrected chi connectivity index (χ2v) is 6.22. The average Bonchev–Trinajstić information content (AvgIpc) is 3.09. The maximum Gasteiger partial charge on any atom is 0.0651 e. The van der Waals surface area contributed by atoms with Crippen LogP contribution in [0.25, 0.3) is 10.9 Å². The molecule has 1 atom stereocenters. The molecule has 4 heteroatoms. The van der Waals surface area contributed by atoms with E-state index in [1.165, 1.54) is 23.1 Å². The van der Waals surface area contributed by atoms with Gasteiger partial charge in [0.15, 0.2) is 0 Å². The van der Waals surface area contributed by atoms with Crippen LogP contribution in [0.4, 0.5) is 5.69 Å². The summed E-state index contributed by atoms with van der Waals surface area (Å²) in [6, 6.07) is 17.9. The molecule has 0 aliphatic carbocycles. The van der Waals surface area contributed by atoms with Crippen molar-refractivity contribution in [2.45, 2.75) is 18.9 Å². The van der Waals surface area contributed by atoms with E-state index in [4.69, 9.17) is 0 Å². The molecule has 1 unspecified atom stereocenters. The Morgan fingerprint density at radius 1 is 1.13 bits per heavy atom. The molecule has 0 saturated carbocycles. The number of H-pyrrole nitrogens is 1. The second kappa shape index (κ2) is 6.42. The zero-order chi connectivity index (χ0) is 15.5. The van der Waals surface area contributed by atoms with Crippen LogP contribution in [0.3, 0.4) is 0 Å². The number of aryl methyl sites for hydroxylation is 1. The van der Waals surface area contributed by atoms with Crippen LogP contribution in [0, 0.1) is 0 Å². The lowest BCUT2D eigenvalue weighted by atomic mass is 10.0. The summed E-state index contributed by atoms with van der Waals surface area (Å²) in [7, 11) is 0. The number of nitrogens with zero attached hydrogens (tertiary/aromatic N) is 2. The van der Waals surface area contributed by atoms with Crippen molar-refractivity contribution in [3.8, 4) is 0 Å². The smallest absolute Gasteiger partial charge is 0.0651 e. The minimum Gasteiger partial charge on any atom is -0.366 e. The highest BCUT2D eigenvalue weighted by Gasteiger charge is 2.22. The molecule has 1 aromatic heterocycles. The summed E-state index contributed by atoms with van der Waals surface area (Å²) in [6.07, 6.45) is 4.19. The van der Waals surface area contributed by atoms with Crippen LogP contribution in [0.5, 0.6) is 0 Å². The number of fused-ring (bicyclic) bond motifs is 1. The van der Waals surface area contributed by atoms with Crippen LogP contribution in [0.2, 0.25) is 0 Å². The van der Waals surface area contributed by atoms with Crippen LogP contribution in [-0.2, 0) is 6.42 Å². The minimum atomic E-state index is 0.535. The number of hydrogen-bond donors (Lipinski definition) is 2. The van der Waals surface area contributed by atoms with E-state index in [0.29, 0.717) is 6.04 Å². The van der Waals surface area contributed by atoms with Gasteiger partial charge in [-0.25, -0.2) is 0 Å². The molecule has 2 aromatic carbocycles. The van der Waals surface area contributed by atoms with Gasteiger partial charge in [-0.2, -0.15) is 5.10 Å². The fourth-order valence-corrected chi connectivity index (χ4v) is 3.45. The molecule has 4 rings (SSSR count). The van der Waals surface area contributed by atoms with Gasteiger partial charge in [0.1, 0.15) is 0 Å². The molecule has 2 heterocycles. The molecule has 4 nitrogen and oxygen atoms in total. The molecule has 1 saturated heterocycles. The van der Waals surface area contributed by atoms with Gasteiger partial charge in [-0.05, 0) is 36.6 Å². The van der Waals surface area contributed by atoms with Crippen LogP contribution in [0.15, 0.2) is 54.7 Å². The Labute approximate surface area is 136 Å². The van der Waals surface area contributed by atoms with Crippen LogP contribution < -0.4 is 10.2 Å². The first-order valence-corrected chi connectivity index (χ1v) is 8.34. The van der Waals surface area contributed by atoms with Gasteiger partial charge in [-0.3, -0.25) is 5.10 Å². The SMILES string of the molecule is c1ccc(CCC2CNCCN2c2ccc3[nH]ncc3c2)cc1. The summed E-state index contributed by atoms with van der Waals surface area (Å²) >= 11 is 0. The molecule has 0 radical (unpaired) electrons. The molecule has 3 aromatic rings. The van der Waals surface area contributed by atoms with E-state index in [-0.39, 0.29) is 0 Å². The number of hydrogen-bond acceptors (Lipinski definition) is 3. The van der Waals surface area contributed by atoms with Crippen LogP contribution in [-0.4, -0.2) is 35.9 Å². The Hall–Kier alpha value is -2.33. The Morgan fingerprint density at radius 3 is 2.96 bits per heavy atom. The van der Waals surface area contributed by atoms with E-state index in [1.54, 1.807) is 0 Å². The monoisotopic (exact) mass is 306 g/mol. The first-order chi connectivity index (χ1) is 11.4. The zero-order valence-corrected chi connectivity index (χ0v) is 13.2. The fraction of sp³-hybridized carbons (Fsp3) is 0.316. The molecular formula is C19H22N4. The van der Waals surface area contributed by atoms with E-state index in [9.17, 15) is 0 Å². The summed E-state index contributed by atoms with van der Waals surface area (Å²) in [4.78, 5) is 2.55. The van der Waals surface area contributed by atoms with Crippen molar-refractivity contribution in [3.63, 3.8) is 0 Å². The molecule has 0 amide bonds. The Bertz CT molecular complexity index is 765. The van der Waals surface area contributed by atoms with Crippen molar-refractivity contribution in [2.24, 2.45) is 0 Å². The molecule has 118 valence electrons. The average molecular weight is 306 g/mol. The lowest BCUT2D eigenvalue weighted by Crippen LogP contribution is -2.51. The van der Waals surface area contributed by atoms with E-state index in [2.05, 4.69) is 68.9 Å². The largest absolute Gasteiger partial charge is 0.366 e. The third-order valence-electron chi connectivity index (χ3n) is 4.71. The summed E-state index contributed by atoms with van der Waals surface area (Å²) in [5, 5.41) is 11.9. The van der Waals surface area contributed by atoms with Crippen molar-refractivity contribution in [1.82, 2.24) is 15.5 Å². The molecular weight excluding hydrogens is 284 g/mol. The van der Waals surface area contributed by atoms with Crippen molar-refractivity contribution in [1.29, 1.82) is 0 Å². The van der Waals surface area contributed by atoms with Crippen molar-refractivity contribution < 1.29 is 0 Å². The maximum atomic E-state index is 4.13. The predicted octanol–water partition coefficient (Wildman–Crippen LogP) is 2.97. The molecule has 23 heavy (non-hydrogen) atoms. The quantitative estimate of drug-likeness (QED) is 0.779. The van der Waals surface area contributed by atoms with E-state index in [1.807, 2.05) is 6.20 Å². The molecule has 0 spiro atoms. The van der Waals surface area contributed by atoms with Crippen LogP contribution >= 0.6 is 0 Å². The highest BCUT2D eigenvalue weighted by atomic mass is 15.2. The second-order valence-electron chi connectivity index (χ2n) is 6.22. The summed E-state index contributed by atoms with van der Waals surface area (Å²) in [5.41, 5.74) is 3.83. The van der Waals surface area contributed by atoms with Gasteiger partial charge in [0.05, 0.1) is 11.7 Å². The van der Waals surface area contributed by atoms with Crippen molar-refractivity contribution >= 4 is 16.6 Å². The predicted molar refractivity (Wildman–Crippen MR) is 94.9 cm³/mol. The van der Waals surface area contributed by atoms with Gasteiger partial charge in [-0.1, -0.05) is 30.3 Å². The van der Waals surface area contributed by atoms with Crippen molar-refractivity contribution in [2.75, 3.05) is 24.5 Å². The number of nitrogens with one attached hydrogen (secondary N) is 2. The Morgan fingerprint density at radius 2 is 2.04 bits per heavy atom. The van der Waals surface area contributed by atoms with Crippen molar-refractivity contribution in [3.05, 3.63) is 60.3 Å². The van der Waals surface area contributed by atoms with Gasteiger partial charge in [0.25, 0.3) is 0 Å². The third kappa shape index (κ3) is 3.08. The third-order valence-corrected chi connectivity index (χ3v) is 4.71. The minimum absolute atomic E-state index is 0.535. The van der Waals surface area contributed by atoms with Gasteiger partial charge < -0.3 is 10.2 Å². The number of aromatic nitrogens is 2. The number of anilines is 1. The number of benzene rings is 2. The maximum absolute atomic E-state index is 4.13. The van der Waals surface area contributed by atoms with E-state index >= 15 is 0 Å². The number of piperazine rings is 1. The van der Waals surface area contributed by atoms with Crippen LogP contribution in [0.1, 0.15) is 12.0 Å². The lowest BCUT2D eigenvalue weighted by Gasteiger charge is -2.38. The standard InChI is InChI=1S/C19H22N4/c1-2-4-15(5-3-1)6-7-18-14-20-10-11-23(18)17-8-9-19-16(12-17)13-21-22-19/h1-5,8-9,12-13,18,20H,6-7,10-11,14H2,(H,21,22). The molecule has 0 bridgehead atoms. The van der Waals surface area contributed by atoms with Gasteiger partial charge >= 0.3 is 0 Å². The summed E-state index contributed by atoms with van der Waals surface area (Å²) in [5.74, 6) is 0. The molecule has 1 fully saturated rings. The molecule has 1 aliphatic heterocycles. The number of rotatable bonds is 4. The Kier molecular flexibility index (Phi) is 3.99. The number of aromatic amines is 1. The molecule has 2 N–H and O–H groups in total. The van der Waals surface area contributed by atoms with Gasteiger partial charge in [-0.15, -0.1) is 0 Å². The molecule has 1 aliphatic rings. The highest BCUT2D eigenvalue weighted by molar-refractivity contribution is 5.82. The lowest BCUT2D eigenvalue weighted by molar-refractivity contribution is 0.454. The van der Waals surface area contributed by atoms with E-state index < -0.39 is 0 Å². The van der Waals surface area contributed by atoms with Gasteiger partial charge in [0.2, 0.25) is 0 Å². The first kappa shape index (κ1) is 14.3. The van der Waals surface area contributed by atoms with E-state index in [0.717, 1.165) is 31.6 Å². The highest BCUT2D eigenvalue weighted by Crippen LogP contribution is 2.24. The topological polar surface area (TPSA) is 44.0 Å². The summed E-state index contributed by atoms with van der Waals surface area (Å²) in [6.45, 7) is 3.16.